The molecule has 1 aliphatic carbocycles. The van der Waals surface area contributed by atoms with Gasteiger partial charge in [-0.3, -0.25) is 4.90 Å². The van der Waals surface area contributed by atoms with Crippen LogP contribution in [0.2, 0.25) is 0 Å². The van der Waals surface area contributed by atoms with Crippen LogP contribution in [0.1, 0.15) is 56.4 Å². The number of fused-ring (bicyclic) bond motifs is 4. The second kappa shape index (κ2) is 7.45. The van der Waals surface area contributed by atoms with Crippen molar-refractivity contribution in [1.82, 2.24) is 4.90 Å². The van der Waals surface area contributed by atoms with Crippen LogP contribution in [0.4, 0.5) is 5.69 Å². The molecule has 29 heavy (non-hydrogen) atoms. The Bertz CT molecular complexity index is 876. The van der Waals surface area contributed by atoms with E-state index in [9.17, 15) is 0 Å². The van der Waals surface area contributed by atoms with Gasteiger partial charge in [0.1, 0.15) is 0 Å². The van der Waals surface area contributed by atoms with Gasteiger partial charge in [-0.25, -0.2) is 0 Å². The molecule has 1 heterocycles. The lowest BCUT2D eigenvalue weighted by Crippen LogP contribution is -2.64. The first-order valence-electron chi connectivity index (χ1n) is 11.0. The van der Waals surface area contributed by atoms with Crippen LogP contribution in [0.5, 0.6) is 0 Å². The second-order valence-corrected chi connectivity index (χ2v) is 10.0. The van der Waals surface area contributed by atoms with Crippen LogP contribution in [0.25, 0.3) is 0 Å². The predicted octanol–water partition coefficient (Wildman–Crippen LogP) is 5.10. The number of benzene rings is 2. The van der Waals surface area contributed by atoms with Gasteiger partial charge in [0.05, 0.1) is 12.7 Å². The molecule has 3 nitrogen and oxygen atoms in total. The molecule has 2 N–H and O–H groups in total. The Kier molecular flexibility index (Phi) is 5.25. The number of hydrogen-bond donors (Lipinski definition) is 1. The van der Waals surface area contributed by atoms with Gasteiger partial charge in [0.15, 0.2) is 0 Å². The number of aryl methyl sites for hydroxylation is 1. The maximum Gasteiger partial charge on any atom is 0.0721 e. The first-order valence-corrected chi connectivity index (χ1v) is 11.0. The SMILES string of the molecule is Cc1cc(N)c2c(c1)C1(C)CCN(CC(C)OCc3ccccc3)C(C2)C1(C)C. The van der Waals surface area contributed by atoms with E-state index in [-0.39, 0.29) is 16.9 Å². The third-order valence-electron chi connectivity index (χ3n) is 7.88. The molecule has 3 heteroatoms. The summed E-state index contributed by atoms with van der Waals surface area (Å²) in [6.07, 6.45) is 2.40. The summed E-state index contributed by atoms with van der Waals surface area (Å²) in [4.78, 5) is 2.67. The fourth-order valence-electron chi connectivity index (χ4n) is 5.71. The van der Waals surface area contributed by atoms with E-state index in [4.69, 9.17) is 10.5 Å². The van der Waals surface area contributed by atoms with Crippen molar-refractivity contribution < 1.29 is 4.74 Å². The molecular formula is C26H36N2O. The first-order chi connectivity index (χ1) is 13.7. The number of nitrogens with zero attached hydrogens (tertiary/aromatic N) is 1. The monoisotopic (exact) mass is 392 g/mol. The summed E-state index contributed by atoms with van der Waals surface area (Å²) in [7, 11) is 0. The normalized spacial score (nSPS) is 26.7. The maximum atomic E-state index is 6.51. The average Bonchev–Trinajstić information content (AvgIpc) is 2.67. The van der Waals surface area contributed by atoms with Gasteiger partial charge in [0, 0.05) is 23.7 Å². The van der Waals surface area contributed by atoms with E-state index in [1.807, 2.05) is 6.07 Å². The van der Waals surface area contributed by atoms with Crippen molar-refractivity contribution in [3.63, 3.8) is 0 Å². The molecule has 3 atom stereocenters. The van der Waals surface area contributed by atoms with Crippen molar-refractivity contribution in [2.24, 2.45) is 5.41 Å². The molecule has 1 saturated heterocycles. The summed E-state index contributed by atoms with van der Waals surface area (Å²) in [6.45, 7) is 14.5. The number of likely N-dealkylation sites (tertiary alicyclic amines) is 1. The fraction of sp³-hybridized carbons (Fsp3) is 0.538. The smallest absolute Gasteiger partial charge is 0.0721 e. The molecule has 4 rings (SSSR count). The van der Waals surface area contributed by atoms with E-state index < -0.39 is 0 Å². The molecule has 0 aromatic heterocycles. The molecule has 0 spiro atoms. The summed E-state index contributed by atoms with van der Waals surface area (Å²) in [5.74, 6) is 0. The second-order valence-electron chi connectivity index (χ2n) is 10.0. The van der Waals surface area contributed by atoms with E-state index in [2.05, 4.69) is 75.9 Å². The van der Waals surface area contributed by atoms with Gasteiger partial charge in [-0.2, -0.15) is 0 Å². The highest BCUT2D eigenvalue weighted by atomic mass is 16.5. The van der Waals surface area contributed by atoms with Crippen LogP contribution in [-0.2, 0) is 23.2 Å². The number of piperidine rings is 1. The molecule has 0 saturated carbocycles. The Balaban J connectivity index is 1.53. The van der Waals surface area contributed by atoms with Crippen LogP contribution in [-0.4, -0.2) is 30.1 Å². The van der Waals surface area contributed by atoms with Gasteiger partial charge >= 0.3 is 0 Å². The van der Waals surface area contributed by atoms with Gasteiger partial charge < -0.3 is 10.5 Å². The summed E-state index contributed by atoms with van der Waals surface area (Å²) >= 11 is 0. The van der Waals surface area contributed by atoms with Gasteiger partial charge in [-0.15, -0.1) is 0 Å². The van der Waals surface area contributed by atoms with E-state index in [0.29, 0.717) is 12.6 Å². The van der Waals surface area contributed by atoms with E-state index in [0.717, 1.165) is 31.6 Å². The molecule has 2 aromatic carbocycles. The summed E-state index contributed by atoms with van der Waals surface area (Å²) in [5.41, 5.74) is 13.2. The van der Waals surface area contributed by atoms with Gasteiger partial charge in [0.2, 0.25) is 0 Å². The number of rotatable bonds is 5. The zero-order valence-electron chi connectivity index (χ0n) is 18.7. The molecular weight excluding hydrogens is 356 g/mol. The number of nitrogens with two attached hydrogens (primary N) is 1. The topological polar surface area (TPSA) is 38.5 Å². The molecule has 156 valence electrons. The Morgan fingerprint density at radius 3 is 2.62 bits per heavy atom. The average molecular weight is 393 g/mol. The van der Waals surface area contributed by atoms with Crippen LogP contribution in [0.15, 0.2) is 42.5 Å². The number of nitrogen functional groups attached to an aromatic ring is 1. The minimum atomic E-state index is 0.163. The van der Waals surface area contributed by atoms with Crippen LogP contribution in [0, 0.1) is 12.3 Å². The third kappa shape index (κ3) is 3.49. The fourth-order valence-corrected chi connectivity index (χ4v) is 5.71. The van der Waals surface area contributed by atoms with Crippen molar-refractivity contribution in [2.45, 2.75) is 71.6 Å². The maximum absolute atomic E-state index is 6.51. The first kappa shape index (κ1) is 20.4. The minimum absolute atomic E-state index is 0.163. The lowest BCUT2D eigenvalue weighted by Gasteiger charge is -2.61. The van der Waals surface area contributed by atoms with E-state index in [1.165, 1.54) is 22.3 Å². The molecule has 2 aliphatic rings. The lowest BCUT2D eigenvalue weighted by atomic mass is 9.50. The predicted molar refractivity (Wildman–Crippen MR) is 121 cm³/mol. The van der Waals surface area contributed by atoms with Crippen molar-refractivity contribution in [3.8, 4) is 0 Å². The van der Waals surface area contributed by atoms with E-state index >= 15 is 0 Å². The zero-order valence-corrected chi connectivity index (χ0v) is 18.7. The molecule has 1 aliphatic heterocycles. The van der Waals surface area contributed by atoms with Crippen LogP contribution in [0.3, 0.4) is 0 Å². The van der Waals surface area contributed by atoms with Crippen LogP contribution >= 0.6 is 0 Å². The molecule has 3 unspecified atom stereocenters. The van der Waals surface area contributed by atoms with Gasteiger partial charge in [-0.1, -0.05) is 57.2 Å². The van der Waals surface area contributed by atoms with Gasteiger partial charge in [0.25, 0.3) is 0 Å². The molecule has 0 amide bonds. The standard InChI is InChI=1S/C26H36N2O/c1-18-13-22-21(23(27)14-18)15-24-25(3,4)26(22,5)11-12-28(24)16-19(2)29-17-20-9-7-6-8-10-20/h6-10,13-14,19,24H,11-12,15-17,27H2,1-5H3. The summed E-state index contributed by atoms with van der Waals surface area (Å²) in [5, 5.41) is 0. The Morgan fingerprint density at radius 2 is 1.90 bits per heavy atom. The summed E-state index contributed by atoms with van der Waals surface area (Å²) in [6, 6.07) is 15.5. The third-order valence-corrected chi connectivity index (χ3v) is 7.88. The van der Waals surface area contributed by atoms with Crippen molar-refractivity contribution >= 4 is 5.69 Å². The lowest BCUT2D eigenvalue weighted by molar-refractivity contribution is -0.0647. The highest BCUT2D eigenvalue weighted by molar-refractivity contribution is 5.58. The minimum Gasteiger partial charge on any atom is -0.398 e. The van der Waals surface area contributed by atoms with Crippen LogP contribution < -0.4 is 5.73 Å². The zero-order chi connectivity index (χ0) is 20.8. The Hall–Kier alpha value is -1.84. The quantitative estimate of drug-likeness (QED) is 0.720. The van der Waals surface area contributed by atoms with Crippen molar-refractivity contribution in [3.05, 3.63) is 64.7 Å². The number of anilines is 1. The molecule has 2 aromatic rings. The Labute approximate surface area is 176 Å². The molecule has 2 bridgehead atoms. The largest absolute Gasteiger partial charge is 0.398 e. The number of ether oxygens (including phenoxy) is 1. The Morgan fingerprint density at radius 1 is 1.17 bits per heavy atom. The molecule has 0 radical (unpaired) electrons. The van der Waals surface area contributed by atoms with E-state index in [1.54, 1.807) is 0 Å². The highest BCUT2D eigenvalue weighted by Crippen LogP contribution is 2.57. The molecule has 1 fully saturated rings. The highest BCUT2D eigenvalue weighted by Gasteiger charge is 2.56. The summed E-state index contributed by atoms with van der Waals surface area (Å²) < 4.78 is 6.20. The number of hydrogen-bond acceptors (Lipinski definition) is 3. The van der Waals surface area contributed by atoms with Crippen molar-refractivity contribution in [2.75, 3.05) is 18.8 Å². The van der Waals surface area contributed by atoms with Crippen molar-refractivity contribution in [1.29, 1.82) is 0 Å². The van der Waals surface area contributed by atoms with Gasteiger partial charge in [-0.05, 0) is 67.0 Å².